The first-order valence-electron chi connectivity index (χ1n) is 6.95. The maximum atomic E-state index is 6.33. The van der Waals surface area contributed by atoms with Crippen molar-refractivity contribution in [3.63, 3.8) is 0 Å². The summed E-state index contributed by atoms with van der Waals surface area (Å²) < 4.78 is 0. The third-order valence-electron chi connectivity index (χ3n) is 3.68. The van der Waals surface area contributed by atoms with Gasteiger partial charge < -0.3 is 10.2 Å². The maximum Gasteiger partial charge on any atom is 0.0642 e. The molecule has 0 aromatic heterocycles. The Kier molecular flexibility index (Phi) is 4.90. The molecule has 1 saturated heterocycles. The van der Waals surface area contributed by atoms with Crippen LogP contribution in [0.25, 0.3) is 0 Å². The van der Waals surface area contributed by atoms with Crippen LogP contribution in [0.4, 0.5) is 5.69 Å². The second-order valence-corrected chi connectivity index (χ2v) is 5.53. The topological polar surface area (TPSA) is 15.3 Å². The Balaban J connectivity index is 1.97. The molecule has 18 heavy (non-hydrogen) atoms. The lowest BCUT2D eigenvalue weighted by molar-refractivity contribution is 0.415. The fourth-order valence-electron chi connectivity index (χ4n) is 2.68. The highest BCUT2D eigenvalue weighted by molar-refractivity contribution is 6.33. The van der Waals surface area contributed by atoms with E-state index in [1.54, 1.807) is 0 Å². The molecule has 2 nitrogen and oxygen atoms in total. The molecule has 3 heteroatoms. The molecule has 1 N–H and O–H groups in total. The van der Waals surface area contributed by atoms with E-state index in [0.717, 1.165) is 24.7 Å². The van der Waals surface area contributed by atoms with Crippen molar-refractivity contribution in [1.82, 2.24) is 5.32 Å². The van der Waals surface area contributed by atoms with Crippen LogP contribution in [0.1, 0.15) is 31.7 Å². The highest BCUT2D eigenvalue weighted by atomic mass is 35.5. The van der Waals surface area contributed by atoms with E-state index in [1.807, 2.05) is 12.1 Å². The number of hydrogen-bond donors (Lipinski definition) is 1. The van der Waals surface area contributed by atoms with Crippen molar-refractivity contribution in [3.05, 3.63) is 28.8 Å². The first-order valence-corrected chi connectivity index (χ1v) is 7.33. The Hall–Kier alpha value is -0.730. The third kappa shape index (κ3) is 3.18. The SMILES string of the molecule is CCCNC1CCN(c2c(C)cccc2Cl)CC1. The molecule has 0 bridgehead atoms. The van der Waals surface area contributed by atoms with Crippen LogP contribution in [0.3, 0.4) is 0 Å². The van der Waals surface area contributed by atoms with E-state index < -0.39 is 0 Å². The summed E-state index contributed by atoms with van der Waals surface area (Å²) in [6.45, 7) is 7.70. The van der Waals surface area contributed by atoms with Gasteiger partial charge in [0.2, 0.25) is 0 Å². The van der Waals surface area contributed by atoms with E-state index in [4.69, 9.17) is 11.6 Å². The number of nitrogens with one attached hydrogen (secondary N) is 1. The molecular weight excluding hydrogens is 244 g/mol. The van der Waals surface area contributed by atoms with Crippen LogP contribution in [0.2, 0.25) is 5.02 Å². The average molecular weight is 267 g/mol. The number of benzene rings is 1. The third-order valence-corrected chi connectivity index (χ3v) is 3.99. The van der Waals surface area contributed by atoms with E-state index in [9.17, 15) is 0 Å². The van der Waals surface area contributed by atoms with E-state index in [2.05, 4.69) is 30.1 Å². The van der Waals surface area contributed by atoms with Gasteiger partial charge in [-0.05, 0) is 44.4 Å². The predicted octanol–water partition coefficient (Wildman–Crippen LogP) is 3.62. The molecule has 0 amide bonds. The molecule has 1 fully saturated rings. The normalized spacial score (nSPS) is 17.2. The summed E-state index contributed by atoms with van der Waals surface area (Å²) in [5.41, 5.74) is 2.51. The van der Waals surface area contributed by atoms with Crippen molar-refractivity contribution in [2.75, 3.05) is 24.5 Å². The molecule has 1 aromatic rings. The van der Waals surface area contributed by atoms with Gasteiger partial charge in [0.05, 0.1) is 10.7 Å². The second-order valence-electron chi connectivity index (χ2n) is 5.12. The molecular formula is C15H23ClN2. The lowest BCUT2D eigenvalue weighted by Gasteiger charge is -2.35. The van der Waals surface area contributed by atoms with Crippen LogP contribution in [-0.4, -0.2) is 25.7 Å². The number of rotatable bonds is 4. The standard InChI is InChI=1S/C15H23ClN2/c1-3-9-17-13-7-10-18(11-8-13)15-12(2)5-4-6-14(15)16/h4-6,13,17H,3,7-11H2,1-2H3. The minimum Gasteiger partial charge on any atom is -0.370 e. The monoisotopic (exact) mass is 266 g/mol. The summed E-state index contributed by atoms with van der Waals surface area (Å²) in [6.07, 6.45) is 3.64. The molecule has 0 radical (unpaired) electrons. The first kappa shape index (κ1) is 13.7. The van der Waals surface area contributed by atoms with E-state index in [1.165, 1.54) is 30.5 Å². The first-order chi connectivity index (χ1) is 8.72. The summed E-state index contributed by atoms with van der Waals surface area (Å²) in [7, 11) is 0. The van der Waals surface area contributed by atoms with E-state index in [-0.39, 0.29) is 0 Å². The van der Waals surface area contributed by atoms with Gasteiger partial charge in [-0.3, -0.25) is 0 Å². The van der Waals surface area contributed by atoms with Crippen LogP contribution in [0.15, 0.2) is 18.2 Å². The lowest BCUT2D eigenvalue weighted by atomic mass is 10.0. The number of nitrogens with zero attached hydrogens (tertiary/aromatic N) is 1. The molecule has 1 heterocycles. The smallest absolute Gasteiger partial charge is 0.0642 e. The Morgan fingerprint density at radius 2 is 2.06 bits per heavy atom. The molecule has 0 unspecified atom stereocenters. The number of anilines is 1. The van der Waals surface area contributed by atoms with Gasteiger partial charge in [-0.1, -0.05) is 30.7 Å². The molecule has 2 rings (SSSR count). The minimum atomic E-state index is 0.684. The summed E-state index contributed by atoms with van der Waals surface area (Å²) in [5, 5.41) is 4.50. The maximum absolute atomic E-state index is 6.33. The van der Waals surface area contributed by atoms with Crippen molar-refractivity contribution >= 4 is 17.3 Å². The summed E-state index contributed by atoms with van der Waals surface area (Å²) in [6, 6.07) is 6.84. The Morgan fingerprint density at radius 1 is 1.33 bits per heavy atom. The van der Waals surface area contributed by atoms with Gasteiger partial charge in [-0.2, -0.15) is 0 Å². The van der Waals surface area contributed by atoms with Crippen LogP contribution < -0.4 is 10.2 Å². The van der Waals surface area contributed by atoms with Crippen molar-refractivity contribution in [3.8, 4) is 0 Å². The summed E-state index contributed by atoms with van der Waals surface area (Å²) in [4.78, 5) is 2.43. The van der Waals surface area contributed by atoms with Crippen molar-refractivity contribution in [2.45, 2.75) is 39.2 Å². The van der Waals surface area contributed by atoms with Crippen LogP contribution in [0.5, 0.6) is 0 Å². The minimum absolute atomic E-state index is 0.684. The zero-order valence-electron chi connectivity index (χ0n) is 11.4. The van der Waals surface area contributed by atoms with Gasteiger partial charge in [0.25, 0.3) is 0 Å². The summed E-state index contributed by atoms with van der Waals surface area (Å²) >= 11 is 6.33. The van der Waals surface area contributed by atoms with Crippen LogP contribution in [0, 0.1) is 6.92 Å². The highest BCUT2D eigenvalue weighted by Crippen LogP contribution is 2.31. The fourth-order valence-corrected chi connectivity index (χ4v) is 3.02. The largest absolute Gasteiger partial charge is 0.370 e. The average Bonchev–Trinajstić information content (AvgIpc) is 2.37. The van der Waals surface area contributed by atoms with Gasteiger partial charge in [0.1, 0.15) is 0 Å². The van der Waals surface area contributed by atoms with Crippen molar-refractivity contribution < 1.29 is 0 Å². The second kappa shape index (κ2) is 6.44. The van der Waals surface area contributed by atoms with Crippen LogP contribution >= 0.6 is 11.6 Å². The van der Waals surface area contributed by atoms with Gasteiger partial charge in [0, 0.05) is 19.1 Å². The Morgan fingerprint density at radius 3 is 2.67 bits per heavy atom. The lowest BCUT2D eigenvalue weighted by Crippen LogP contribution is -2.43. The Bertz CT molecular complexity index is 364. The molecule has 1 aromatic carbocycles. The van der Waals surface area contributed by atoms with Crippen molar-refractivity contribution in [2.24, 2.45) is 0 Å². The highest BCUT2D eigenvalue weighted by Gasteiger charge is 2.21. The zero-order valence-corrected chi connectivity index (χ0v) is 12.1. The van der Waals surface area contributed by atoms with E-state index in [0.29, 0.717) is 6.04 Å². The molecule has 1 aliphatic rings. The molecule has 0 saturated carbocycles. The fraction of sp³-hybridized carbons (Fsp3) is 0.600. The van der Waals surface area contributed by atoms with Gasteiger partial charge in [-0.15, -0.1) is 0 Å². The molecule has 0 spiro atoms. The zero-order chi connectivity index (χ0) is 13.0. The molecule has 1 aliphatic heterocycles. The number of piperidine rings is 1. The van der Waals surface area contributed by atoms with Gasteiger partial charge >= 0.3 is 0 Å². The number of hydrogen-bond acceptors (Lipinski definition) is 2. The quantitative estimate of drug-likeness (QED) is 0.896. The molecule has 0 aliphatic carbocycles. The van der Waals surface area contributed by atoms with Gasteiger partial charge in [-0.25, -0.2) is 0 Å². The van der Waals surface area contributed by atoms with E-state index >= 15 is 0 Å². The number of halogens is 1. The molecule has 100 valence electrons. The Labute approximate surface area is 115 Å². The van der Waals surface area contributed by atoms with Crippen LogP contribution in [-0.2, 0) is 0 Å². The summed E-state index contributed by atoms with van der Waals surface area (Å²) in [5.74, 6) is 0. The number of aryl methyl sites for hydroxylation is 1. The molecule has 0 atom stereocenters. The van der Waals surface area contributed by atoms with Gasteiger partial charge in [0.15, 0.2) is 0 Å². The number of para-hydroxylation sites is 1. The predicted molar refractivity (Wildman–Crippen MR) is 79.7 cm³/mol. The van der Waals surface area contributed by atoms with Crippen molar-refractivity contribution in [1.29, 1.82) is 0 Å².